The molecule has 1 aromatic heterocycles. The zero-order valence-corrected chi connectivity index (χ0v) is 15.6. The van der Waals surface area contributed by atoms with Gasteiger partial charge in [0.1, 0.15) is 0 Å². The third-order valence-electron chi connectivity index (χ3n) is 3.56. The summed E-state index contributed by atoms with van der Waals surface area (Å²) >= 11 is 1.22. The molecule has 1 atom stereocenters. The Labute approximate surface area is 152 Å². The van der Waals surface area contributed by atoms with Gasteiger partial charge in [0, 0.05) is 28.8 Å². The third kappa shape index (κ3) is 5.06. The number of nitrogens with zero attached hydrogens (tertiary/aromatic N) is 1. The summed E-state index contributed by atoms with van der Waals surface area (Å²) in [6.07, 6.45) is 1.41. The van der Waals surface area contributed by atoms with Crippen LogP contribution < -0.4 is 10.0 Å². The quantitative estimate of drug-likeness (QED) is 0.383. The molecule has 0 fully saturated rings. The largest absolute Gasteiger partial charge is 0.618 e. The van der Waals surface area contributed by atoms with Gasteiger partial charge >= 0.3 is 0 Å². The number of nitrogens with one attached hydrogen (secondary N) is 1. The molecule has 0 aliphatic heterocycles. The lowest BCUT2D eigenvalue weighted by atomic mass is 9.95. The van der Waals surface area contributed by atoms with Gasteiger partial charge in [-0.15, -0.1) is 0 Å². The van der Waals surface area contributed by atoms with Gasteiger partial charge in [-0.1, -0.05) is 20.8 Å². The third-order valence-corrected chi connectivity index (χ3v) is 4.69. The second kappa shape index (κ2) is 7.70. The lowest BCUT2D eigenvalue weighted by Crippen LogP contribution is -2.29. The van der Waals surface area contributed by atoms with Gasteiger partial charge in [-0.2, -0.15) is 4.73 Å². The van der Waals surface area contributed by atoms with Crippen molar-refractivity contribution >= 4 is 29.1 Å². The average molecular weight is 358 g/mol. The second-order valence-electron chi connectivity index (χ2n) is 6.77. The maximum Gasteiger partial charge on any atom is 0.252 e. The molecule has 0 aliphatic rings. The van der Waals surface area contributed by atoms with E-state index in [4.69, 9.17) is 0 Å². The molecule has 25 heavy (non-hydrogen) atoms. The van der Waals surface area contributed by atoms with Crippen LogP contribution in [-0.4, -0.2) is 16.9 Å². The van der Waals surface area contributed by atoms with Crippen molar-refractivity contribution in [2.24, 2.45) is 5.41 Å². The zero-order chi connectivity index (χ0) is 18.6. The predicted octanol–water partition coefficient (Wildman–Crippen LogP) is 3.67. The number of aromatic nitrogens is 1. The molecule has 2 rings (SSSR count). The normalized spacial score (nSPS) is 12.5. The molecule has 132 valence electrons. The number of rotatable bonds is 5. The number of hydrogen-bond donors (Lipinski definition) is 1. The number of Topliss-reactive ketones (excluding diaryl/α,β-unsaturated/α-hetero) is 1. The van der Waals surface area contributed by atoms with E-state index in [0.29, 0.717) is 16.3 Å². The Hall–Kier alpha value is -2.34. The molecule has 0 bridgehead atoms. The number of anilines is 1. The maximum absolute atomic E-state index is 12.5. The van der Waals surface area contributed by atoms with E-state index in [1.54, 1.807) is 49.4 Å². The summed E-state index contributed by atoms with van der Waals surface area (Å²) in [4.78, 5) is 24.5. The Morgan fingerprint density at radius 1 is 1.12 bits per heavy atom. The van der Waals surface area contributed by atoms with Crippen molar-refractivity contribution in [1.29, 1.82) is 0 Å². The van der Waals surface area contributed by atoms with Crippen LogP contribution in [0.5, 0.6) is 0 Å². The van der Waals surface area contributed by atoms with Crippen LogP contribution in [0.2, 0.25) is 0 Å². The average Bonchev–Trinajstić information content (AvgIpc) is 2.56. The Balaban J connectivity index is 2.05. The molecule has 1 N–H and O–H groups in total. The van der Waals surface area contributed by atoms with E-state index in [1.807, 2.05) is 20.8 Å². The number of ketones is 1. The number of carbonyl (C=O) groups excluding carboxylic acids is 2. The van der Waals surface area contributed by atoms with Crippen molar-refractivity contribution in [3.05, 3.63) is 59.4 Å². The monoisotopic (exact) mass is 358 g/mol. The number of pyridine rings is 1. The number of benzene rings is 1. The highest BCUT2D eigenvalue weighted by Gasteiger charge is 2.22. The van der Waals surface area contributed by atoms with E-state index in [-0.39, 0.29) is 11.7 Å². The summed E-state index contributed by atoms with van der Waals surface area (Å²) in [6, 6.07) is 11.9. The molecular weight excluding hydrogens is 336 g/mol. The summed E-state index contributed by atoms with van der Waals surface area (Å²) in [5.74, 6) is -0.151. The van der Waals surface area contributed by atoms with Crippen LogP contribution in [0.4, 0.5) is 5.69 Å². The van der Waals surface area contributed by atoms with Crippen molar-refractivity contribution < 1.29 is 14.3 Å². The molecule has 6 heteroatoms. The fourth-order valence-corrected chi connectivity index (χ4v) is 2.94. The lowest BCUT2D eigenvalue weighted by molar-refractivity contribution is -0.645. The topological polar surface area (TPSA) is 73.1 Å². The molecule has 5 nitrogen and oxygen atoms in total. The van der Waals surface area contributed by atoms with Crippen molar-refractivity contribution in [1.82, 2.24) is 0 Å². The fourth-order valence-electron chi connectivity index (χ4n) is 2.01. The zero-order valence-electron chi connectivity index (χ0n) is 14.8. The number of hydrogen-bond acceptors (Lipinski definition) is 4. The Kier molecular flexibility index (Phi) is 5.85. The fraction of sp³-hybridized carbons (Fsp3) is 0.316. The number of thioether (sulfide) groups is 1. The van der Waals surface area contributed by atoms with Gasteiger partial charge in [0.2, 0.25) is 5.91 Å². The van der Waals surface area contributed by atoms with E-state index in [2.05, 4.69) is 5.32 Å². The molecule has 1 unspecified atom stereocenters. The van der Waals surface area contributed by atoms with Gasteiger partial charge in [0.05, 0.1) is 5.25 Å². The first-order valence-electron chi connectivity index (χ1n) is 7.99. The second-order valence-corrected chi connectivity index (χ2v) is 8.13. The molecule has 1 heterocycles. The molecule has 0 saturated carbocycles. The minimum atomic E-state index is -0.483. The highest BCUT2D eigenvalue weighted by molar-refractivity contribution is 8.00. The van der Waals surface area contributed by atoms with Crippen LogP contribution in [-0.2, 0) is 4.79 Å². The first kappa shape index (κ1) is 19.0. The van der Waals surface area contributed by atoms with E-state index in [1.165, 1.54) is 18.0 Å². The maximum atomic E-state index is 12.5. The van der Waals surface area contributed by atoms with Crippen LogP contribution in [0.15, 0.2) is 53.7 Å². The van der Waals surface area contributed by atoms with Gasteiger partial charge in [-0.25, -0.2) is 0 Å². The summed E-state index contributed by atoms with van der Waals surface area (Å²) < 4.78 is 0.750. The Bertz CT molecular complexity index is 767. The minimum absolute atomic E-state index is 0.0671. The van der Waals surface area contributed by atoms with Crippen molar-refractivity contribution in [2.75, 3.05) is 5.32 Å². The smallest absolute Gasteiger partial charge is 0.252 e. The summed E-state index contributed by atoms with van der Waals surface area (Å²) in [6.45, 7) is 7.29. The molecule has 1 aromatic carbocycles. The van der Waals surface area contributed by atoms with Crippen molar-refractivity contribution in [3.8, 4) is 0 Å². The standard InChI is InChI=1S/C19H22N2O3S/c1-13(25-16-7-5-6-12-21(16)24)17(22)14-8-10-15(11-9-14)20-18(23)19(2,3)4/h5-13H,1-4H3,(H,20,23). The Morgan fingerprint density at radius 2 is 1.76 bits per heavy atom. The summed E-state index contributed by atoms with van der Waals surface area (Å²) in [5, 5.41) is 14.6. The predicted molar refractivity (Wildman–Crippen MR) is 99.6 cm³/mol. The van der Waals surface area contributed by atoms with Gasteiger partial charge in [-0.05, 0) is 49.0 Å². The van der Waals surface area contributed by atoms with Crippen LogP contribution >= 0.6 is 11.8 Å². The van der Waals surface area contributed by atoms with Crippen molar-refractivity contribution in [2.45, 2.75) is 38.0 Å². The highest BCUT2D eigenvalue weighted by Crippen LogP contribution is 2.24. The highest BCUT2D eigenvalue weighted by atomic mass is 32.2. The first-order valence-corrected chi connectivity index (χ1v) is 8.87. The van der Waals surface area contributed by atoms with E-state index < -0.39 is 10.7 Å². The lowest BCUT2D eigenvalue weighted by Gasteiger charge is -2.17. The van der Waals surface area contributed by atoms with Crippen LogP contribution in [0.1, 0.15) is 38.1 Å². The van der Waals surface area contributed by atoms with E-state index >= 15 is 0 Å². The molecule has 2 aromatic rings. The first-order chi connectivity index (χ1) is 11.7. The SMILES string of the molecule is CC(Sc1cccc[n+]1[O-])C(=O)c1ccc(NC(=O)C(C)(C)C)cc1. The van der Waals surface area contributed by atoms with E-state index in [0.717, 1.165) is 4.73 Å². The van der Waals surface area contributed by atoms with Gasteiger partial charge < -0.3 is 10.5 Å². The molecule has 0 saturated heterocycles. The summed E-state index contributed by atoms with van der Waals surface area (Å²) in [5.41, 5.74) is 0.711. The van der Waals surface area contributed by atoms with Gasteiger partial charge in [0.15, 0.2) is 12.0 Å². The molecule has 0 radical (unpaired) electrons. The molecule has 0 aliphatic carbocycles. The Morgan fingerprint density at radius 3 is 2.32 bits per heavy atom. The molecule has 0 spiro atoms. The van der Waals surface area contributed by atoms with E-state index in [9.17, 15) is 14.8 Å². The van der Waals surface area contributed by atoms with Gasteiger partial charge in [0.25, 0.3) is 5.03 Å². The van der Waals surface area contributed by atoms with Gasteiger partial charge in [-0.3, -0.25) is 9.59 Å². The van der Waals surface area contributed by atoms with Crippen molar-refractivity contribution in [3.63, 3.8) is 0 Å². The minimum Gasteiger partial charge on any atom is -0.618 e. The summed E-state index contributed by atoms with van der Waals surface area (Å²) in [7, 11) is 0. The van der Waals surface area contributed by atoms with Crippen LogP contribution in [0, 0.1) is 10.6 Å². The molecule has 1 amide bonds. The van der Waals surface area contributed by atoms with Crippen LogP contribution in [0.25, 0.3) is 0 Å². The number of amides is 1. The number of carbonyl (C=O) groups is 2. The molecular formula is C19H22N2O3S. The van der Waals surface area contributed by atoms with Crippen LogP contribution in [0.3, 0.4) is 0 Å².